The number of amides is 1. The Morgan fingerprint density at radius 2 is 1.68 bits per heavy atom. The van der Waals surface area contributed by atoms with E-state index in [9.17, 15) is 14.7 Å². The summed E-state index contributed by atoms with van der Waals surface area (Å²) in [6.45, 7) is 5.57. The van der Waals surface area contributed by atoms with Crippen LogP contribution in [-0.2, 0) is 16.1 Å². The number of fused-ring (bicyclic) bond motifs is 6. The summed E-state index contributed by atoms with van der Waals surface area (Å²) in [5.41, 5.74) is 5.97. The molecule has 8 heteroatoms. The molecule has 2 atom stereocenters. The zero-order valence-electron chi connectivity index (χ0n) is 22.9. The number of carboxylic acids is 1. The minimum Gasteiger partial charge on any atom is -0.478 e. The fourth-order valence-corrected chi connectivity index (χ4v) is 7.13. The van der Waals surface area contributed by atoms with E-state index < -0.39 is 5.97 Å². The van der Waals surface area contributed by atoms with Crippen molar-refractivity contribution < 1.29 is 28.9 Å². The lowest BCUT2D eigenvalue weighted by atomic mass is 9.81. The van der Waals surface area contributed by atoms with E-state index >= 15 is 0 Å². The van der Waals surface area contributed by atoms with E-state index in [0.29, 0.717) is 42.6 Å². The number of morpholine rings is 1. The molecule has 0 spiro atoms. The molecule has 0 radical (unpaired) electrons. The SMILES string of the molecule is C[C@@H]1CN(C(=O)C2=Cc3cc4c(cc3-c3c(C5CCCCC5)c5ccc(C(=O)O)cc5n3C2)OCO4)C[C@H](C)O1. The molecule has 208 valence electrons. The van der Waals surface area contributed by atoms with E-state index in [0.717, 1.165) is 40.6 Å². The molecule has 2 fully saturated rings. The number of hydrogen-bond acceptors (Lipinski definition) is 5. The van der Waals surface area contributed by atoms with Crippen LogP contribution in [0.15, 0.2) is 35.9 Å². The van der Waals surface area contributed by atoms with Gasteiger partial charge in [0.15, 0.2) is 11.5 Å². The quantitative estimate of drug-likeness (QED) is 0.449. The molecule has 4 heterocycles. The number of benzene rings is 2. The lowest BCUT2D eigenvalue weighted by molar-refractivity contribution is -0.139. The molecule has 40 heavy (non-hydrogen) atoms. The molecule has 3 aromatic rings. The highest BCUT2D eigenvalue weighted by molar-refractivity contribution is 6.03. The van der Waals surface area contributed by atoms with Crippen LogP contribution in [0, 0.1) is 0 Å². The third-order valence-electron chi connectivity index (χ3n) is 8.80. The average molecular weight is 543 g/mol. The van der Waals surface area contributed by atoms with Gasteiger partial charge in [-0.3, -0.25) is 4.79 Å². The van der Waals surface area contributed by atoms with Gasteiger partial charge in [0.1, 0.15) is 0 Å². The summed E-state index contributed by atoms with van der Waals surface area (Å²) in [5.74, 6) is 0.744. The summed E-state index contributed by atoms with van der Waals surface area (Å²) in [6, 6.07) is 9.46. The van der Waals surface area contributed by atoms with Crippen LogP contribution in [0.2, 0.25) is 0 Å². The van der Waals surface area contributed by atoms with Gasteiger partial charge < -0.3 is 28.8 Å². The predicted molar refractivity (Wildman–Crippen MR) is 151 cm³/mol. The average Bonchev–Trinajstić information content (AvgIpc) is 3.48. The Kier molecular flexibility index (Phi) is 6.11. The molecule has 1 aliphatic carbocycles. The van der Waals surface area contributed by atoms with Crippen LogP contribution in [0.4, 0.5) is 0 Å². The first-order chi connectivity index (χ1) is 19.4. The van der Waals surface area contributed by atoms with Crippen molar-refractivity contribution in [3.05, 3.63) is 52.6 Å². The molecule has 2 aromatic carbocycles. The Balaban J connectivity index is 1.47. The monoisotopic (exact) mass is 542 g/mol. The van der Waals surface area contributed by atoms with Gasteiger partial charge in [-0.2, -0.15) is 0 Å². The Morgan fingerprint density at radius 3 is 2.40 bits per heavy atom. The van der Waals surface area contributed by atoms with Gasteiger partial charge in [-0.15, -0.1) is 0 Å². The predicted octanol–water partition coefficient (Wildman–Crippen LogP) is 5.82. The molecule has 4 aliphatic rings. The number of ether oxygens (including phenoxy) is 3. The number of carboxylic acid groups (broad SMARTS) is 1. The largest absolute Gasteiger partial charge is 0.478 e. The summed E-state index contributed by atoms with van der Waals surface area (Å²) in [5, 5.41) is 10.9. The van der Waals surface area contributed by atoms with Gasteiger partial charge in [0.2, 0.25) is 6.79 Å². The van der Waals surface area contributed by atoms with Crippen molar-refractivity contribution in [3.8, 4) is 22.8 Å². The number of carbonyl (C=O) groups excluding carboxylic acids is 1. The molecule has 1 saturated carbocycles. The maximum absolute atomic E-state index is 14.1. The summed E-state index contributed by atoms with van der Waals surface area (Å²) >= 11 is 0. The van der Waals surface area contributed by atoms with E-state index in [4.69, 9.17) is 14.2 Å². The number of aromatic carboxylic acids is 1. The first kappa shape index (κ1) is 25.2. The normalized spacial score (nSPS) is 22.4. The van der Waals surface area contributed by atoms with Crippen molar-refractivity contribution in [2.24, 2.45) is 0 Å². The van der Waals surface area contributed by atoms with Gasteiger partial charge in [0, 0.05) is 35.1 Å². The number of rotatable bonds is 3. The van der Waals surface area contributed by atoms with Crippen LogP contribution in [0.5, 0.6) is 11.5 Å². The molecule has 1 saturated heterocycles. The van der Waals surface area contributed by atoms with Gasteiger partial charge >= 0.3 is 5.97 Å². The van der Waals surface area contributed by atoms with Crippen molar-refractivity contribution in [2.75, 3.05) is 19.9 Å². The van der Waals surface area contributed by atoms with Crippen molar-refractivity contribution in [1.82, 2.24) is 9.47 Å². The number of nitrogens with zero attached hydrogens (tertiary/aromatic N) is 2. The Labute approximate surface area is 233 Å². The molecular formula is C32H34N2O6. The number of hydrogen-bond donors (Lipinski definition) is 1. The van der Waals surface area contributed by atoms with Crippen LogP contribution in [0.25, 0.3) is 28.2 Å². The Bertz CT molecular complexity index is 1550. The zero-order chi connectivity index (χ0) is 27.5. The summed E-state index contributed by atoms with van der Waals surface area (Å²) < 4.78 is 19.6. The summed E-state index contributed by atoms with van der Waals surface area (Å²) in [6.07, 6.45) is 7.68. The fraction of sp³-hybridized carbons (Fsp3) is 0.438. The van der Waals surface area contributed by atoms with Gasteiger partial charge in [-0.1, -0.05) is 25.3 Å². The lowest BCUT2D eigenvalue weighted by Gasteiger charge is -2.35. The van der Waals surface area contributed by atoms with Crippen LogP contribution in [0.3, 0.4) is 0 Å². The molecule has 8 nitrogen and oxygen atoms in total. The van der Waals surface area contributed by atoms with E-state index in [1.54, 1.807) is 12.1 Å². The molecule has 1 amide bonds. The molecule has 1 N–H and O–H groups in total. The van der Waals surface area contributed by atoms with Gasteiger partial charge in [-0.05, 0) is 74.1 Å². The van der Waals surface area contributed by atoms with E-state index in [1.807, 2.05) is 43.0 Å². The van der Waals surface area contributed by atoms with Gasteiger partial charge in [0.05, 0.1) is 30.0 Å². The molecule has 0 unspecified atom stereocenters. The molecule has 3 aliphatic heterocycles. The van der Waals surface area contributed by atoms with E-state index in [-0.39, 0.29) is 30.5 Å². The van der Waals surface area contributed by atoms with E-state index in [2.05, 4.69) is 4.57 Å². The molecular weight excluding hydrogens is 508 g/mol. The van der Waals surface area contributed by atoms with Crippen molar-refractivity contribution in [1.29, 1.82) is 0 Å². The van der Waals surface area contributed by atoms with Crippen LogP contribution in [0.1, 0.15) is 73.4 Å². The highest BCUT2D eigenvalue weighted by Gasteiger charge is 2.34. The first-order valence-corrected chi connectivity index (χ1v) is 14.4. The highest BCUT2D eigenvalue weighted by atomic mass is 16.7. The molecule has 0 bridgehead atoms. The maximum Gasteiger partial charge on any atom is 0.335 e. The minimum absolute atomic E-state index is 0.0195. The molecule has 7 rings (SSSR count). The first-order valence-electron chi connectivity index (χ1n) is 14.4. The second kappa shape index (κ2) is 9.70. The van der Waals surface area contributed by atoms with Crippen LogP contribution in [-0.4, -0.2) is 58.5 Å². The van der Waals surface area contributed by atoms with Crippen LogP contribution >= 0.6 is 0 Å². The van der Waals surface area contributed by atoms with Crippen LogP contribution < -0.4 is 9.47 Å². The second-order valence-electron chi connectivity index (χ2n) is 11.7. The van der Waals surface area contributed by atoms with Crippen molar-refractivity contribution >= 4 is 28.9 Å². The summed E-state index contributed by atoms with van der Waals surface area (Å²) in [7, 11) is 0. The number of carbonyl (C=O) groups is 2. The number of aromatic nitrogens is 1. The van der Waals surface area contributed by atoms with Crippen molar-refractivity contribution in [3.63, 3.8) is 0 Å². The second-order valence-corrected chi connectivity index (χ2v) is 11.7. The molecule has 1 aromatic heterocycles. The minimum atomic E-state index is -0.961. The smallest absolute Gasteiger partial charge is 0.335 e. The summed E-state index contributed by atoms with van der Waals surface area (Å²) in [4.78, 5) is 28.0. The Morgan fingerprint density at radius 1 is 0.950 bits per heavy atom. The maximum atomic E-state index is 14.1. The topological polar surface area (TPSA) is 90.2 Å². The van der Waals surface area contributed by atoms with E-state index in [1.165, 1.54) is 24.8 Å². The van der Waals surface area contributed by atoms with Gasteiger partial charge in [0.25, 0.3) is 5.91 Å². The lowest BCUT2D eigenvalue weighted by Crippen LogP contribution is -2.48. The van der Waals surface area contributed by atoms with Crippen molar-refractivity contribution in [2.45, 2.75) is 70.6 Å². The Hall–Kier alpha value is -3.78. The van der Waals surface area contributed by atoms with Gasteiger partial charge in [-0.25, -0.2) is 4.79 Å². The zero-order valence-corrected chi connectivity index (χ0v) is 22.9. The third kappa shape index (κ3) is 4.17. The fourth-order valence-electron chi connectivity index (χ4n) is 7.13. The highest BCUT2D eigenvalue weighted by Crippen LogP contribution is 2.49. The standard InChI is InChI=1S/C32H34N2O6/c1-18-14-33(15-19(2)40-18)31(35)23-10-22-12-27-28(39-17-38-27)13-25(22)30-29(20-6-4-3-5-7-20)24-9-8-21(32(36)37)11-26(24)34(30)16-23/h8-13,18-20H,3-7,14-17H2,1-2H3,(H,36,37)/t18-,19+. The third-order valence-corrected chi connectivity index (χ3v) is 8.80.